The molecule has 2 aromatic rings. The number of hydrogen-bond donors (Lipinski definition) is 0. The second kappa shape index (κ2) is 13.4. The highest BCUT2D eigenvalue weighted by molar-refractivity contribution is 14.1. The zero-order valence-electron chi connectivity index (χ0n) is 19.5. The fourth-order valence-corrected chi connectivity index (χ4v) is 6.71. The van der Waals surface area contributed by atoms with E-state index in [4.69, 9.17) is 0 Å². The van der Waals surface area contributed by atoms with Crippen molar-refractivity contribution in [3.8, 4) is 0 Å². The van der Waals surface area contributed by atoms with Crippen molar-refractivity contribution in [2.45, 2.75) is 51.4 Å². The number of hydrogen-bond acceptors (Lipinski definition) is 2. The Bertz CT molecular complexity index is 940. The number of halogens is 4. The Balaban J connectivity index is 0.000000191. The molecule has 0 aromatic heterocycles. The predicted molar refractivity (Wildman–Crippen MR) is 164 cm³/mol. The van der Waals surface area contributed by atoms with Crippen LogP contribution in [-0.4, -0.2) is 25.9 Å². The van der Waals surface area contributed by atoms with Crippen LogP contribution in [0.25, 0.3) is 0 Å². The van der Waals surface area contributed by atoms with E-state index in [1.165, 1.54) is 25.7 Å². The first kappa shape index (κ1) is 28.4. The summed E-state index contributed by atoms with van der Waals surface area (Å²) in [6, 6.07) is 12.1. The van der Waals surface area contributed by atoms with Gasteiger partial charge in [0, 0.05) is 42.0 Å². The lowest BCUT2D eigenvalue weighted by atomic mass is 10.1. The number of carbonyl (C=O) groups is 2. The molecule has 0 N–H and O–H groups in total. The van der Waals surface area contributed by atoms with Gasteiger partial charge in [0.25, 0.3) is 0 Å². The highest BCUT2D eigenvalue weighted by atomic mass is 127. The molecule has 0 radical (unpaired) electrons. The van der Waals surface area contributed by atoms with Crippen molar-refractivity contribution in [2.24, 2.45) is 11.8 Å². The van der Waals surface area contributed by atoms with Crippen LogP contribution in [0.1, 0.15) is 51.4 Å². The second-order valence-corrected chi connectivity index (χ2v) is 13.1. The topological polar surface area (TPSA) is 40.6 Å². The maximum Gasteiger partial charge on any atom is 0.229 e. The van der Waals surface area contributed by atoms with Crippen molar-refractivity contribution in [3.63, 3.8) is 0 Å². The predicted octanol–water partition coefficient (Wildman–Crippen LogP) is 8.41. The van der Waals surface area contributed by atoms with Gasteiger partial charge in [-0.25, -0.2) is 0 Å². The lowest BCUT2D eigenvalue weighted by Crippen LogP contribution is -2.32. The molecule has 0 heterocycles. The summed E-state index contributed by atoms with van der Waals surface area (Å²) in [6.45, 7) is 0. The lowest BCUT2D eigenvalue weighted by Gasteiger charge is -2.22. The van der Waals surface area contributed by atoms with Gasteiger partial charge in [-0.1, -0.05) is 57.5 Å². The average molecular weight is 816 g/mol. The van der Waals surface area contributed by atoms with Gasteiger partial charge in [0.2, 0.25) is 11.8 Å². The van der Waals surface area contributed by atoms with Crippen LogP contribution in [0.2, 0.25) is 0 Å². The van der Waals surface area contributed by atoms with Crippen LogP contribution in [0.5, 0.6) is 0 Å². The second-order valence-electron chi connectivity index (χ2n) is 8.95. The van der Waals surface area contributed by atoms with Gasteiger partial charge in [-0.2, -0.15) is 0 Å². The third-order valence-electron chi connectivity index (χ3n) is 6.61. The summed E-state index contributed by atoms with van der Waals surface area (Å²) in [4.78, 5) is 28.2. The van der Waals surface area contributed by atoms with Crippen molar-refractivity contribution >= 4 is 100 Å². The standard InChI is InChI=1S/2C13H15BrINO/c2*1-16(13(17)9-4-2-3-5-9)12-8-10(14)6-7-11(12)15/h2*6-9H,2-5H2,1H3. The zero-order valence-corrected chi connectivity index (χ0v) is 27.0. The van der Waals surface area contributed by atoms with E-state index in [1.807, 2.05) is 60.3 Å². The quantitative estimate of drug-likeness (QED) is 0.291. The molecule has 2 amide bonds. The highest BCUT2D eigenvalue weighted by Crippen LogP contribution is 2.32. The molecule has 2 fully saturated rings. The van der Waals surface area contributed by atoms with Crippen molar-refractivity contribution < 1.29 is 9.59 Å². The minimum Gasteiger partial charge on any atom is -0.314 e. The van der Waals surface area contributed by atoms with Gasteiger partial charge >= 0.3 is 0 Å². The van der Waals surface area contributed by atoms with E-state index in [0.29, 0.717) is 0 Å². The molecule has 184 valence electrons. The molecule has 0 saturated heterocycles. The third kappa shape index (κ3) is 7.41. The molecular formula is C26H30Br2I2N2O2. The fourth-order valence-electron chi connectivity index (χ4n) is 4.62. The molecule has 4 nitrogen and oxygen atoms in total. The van der Waals surface area contributed by atoms with Crippen LogP contribution in [0.4, 0.5) is 11.4 Å². The molecule has 2 saturated carbocycles. The Morgan fingerprint density at radius 2 is 1.03 bits per heavy atom. The van der Waals surface area contributed by atoms with Crippen molar-refractivity contribution in [2.75, 3.05) is 23.9 Å². The molecule has 8 heteroatoms. The molecule has 0 atom stereocenters. The molecule has 4 rings (SSSR count). The minimum atomic E-state index is 0.231. The molecule has 0 spiro atoms. The Labute approximate surface area is 247 Å². The lowest BCUT2D eigenvalue weighted by molar-refractivity contribution is -0.122. The van der Waals surface area contributed by atoms with Crippen LogP contribution >= 0.6 is 77.0 Å². The van der Waals surface area contributed by atoms with E-state index in [9.17, 15) is 9.59 Å². The van der Waals surface area contributed by atoms with E-state index < -0.39 is 0 Å². The van der Waals surface area contributed by atoms with Crippen molar-refractivity contribution in [1.82, 2.24) is 0 Å². The first-order chi connectivity index (χ1) is 16.2. The van der Waals surface area contributed by atoms with Crippen LogP contribution in [0.3, 0.4) is 0 Å². The Morgan fingerprint density at radius 1 is 0.706 bits per heavy atom. The maximum atomic E-state index is 12.3. The smallest absolute Gasteiger partial charge is 0.229 e. The van der Waals surface area contributed by atoms with Gasteiger partial charge < -0.3 is 9.80 Å². The van der Waals surface area contributed by atoms with Crippen LogP contribution in [-0.2, 0) is 9.59 Å². The first-order valence-electron chi connectivity index (χ1n) is 11.6. The fraction of sp³-hybridized carbons (Fsp3) is 0.462. The molecule has 2 aliphatic carbocycles. The van der Waals surface area contributed by atoms with E-state index in [-0.39, 0.29) is 23.7 Å². The van der Waals surface area contributed by atoms with Crippen molar-refractivity contribution in [1.29, 1.82) is 0 Å². The first-order valence-corrected chi connectivity index (χ1v) is 15.4. The molecule has 0 unspecified atom stereocenters. The molecule has 0 bridgehead atoms. The SMILES string of the molecule is CN(C(=O)C1CCCC1)c1cc(Br)ccc1I.CN(C(=O)C1CCCC1)c1cc(Br)ccc1I. The minimum absolute atomic E-state index is 0.231. The summed E-state index contributed by atoms with van der Waals surface area (Å²) in [5.74, 6) is 0.988. The number of carbonyl (C=O) groups excluding carboxylic acids is 2. The summed E-state index contributed by atoms with van der Waals surface area (Å²) in [5, 5.41) is 0. The maximum absolute atomic E-state index is 12.3. The number of nitrogens with zero attached hydrogens (tertiary/aromatic N) is 2. The van der Waals surface area contributed by atoms with Gasteiger partial charge in [-0.05, 0) is 107 Å². The summed E-state index contributed by atoms with van der Waals surface area (Å²) in [5.41, 5.74) is 1.99. The van der Waals surface area contributed by atoms with E-state index in [2.05, 4.69) is 77.0 Å². The van der Waals surface area contributed by atoms with E-state index in [0.717, 1.165) is 53.1 Å². The summed E-state index contributed by atoms with van der Waals surface area (Å²) >= 11 is 11.5. The highest BCUT2D eigenvalue weighted by Gasteiger charge is 2.28. The van der Waals surface area contributed by atoms with Gasteiger partial charge in [0.15, 0.2) is 0 Å². The normalized spacial score (nSPS) is 16.2. The molecule has 2 aliphatic rings. The summed E-state index contributed by atoms with van der Waals surface area (Å²) in [6.07, 6.45) is 8.97. The Kier molecular flexibility index (Phi) is 11.2. The third-order valence-corrected chi connectivity index (χ3v) is 9.42. The van der Waals surface area contributed by atoms with Crippen LogP contribution in [0.15, 0.2) is 45.3 Å². The number of amides is 2. The largest absolute Gasteiger partial charge is 0.314 e. The Morgan fingerprint density at radius 3 is 1.35 bits per heavy atom. The van der Waals surface area contributed by atoms with E-state index >= 15 is 0 Å². The van der Waals surface area contributed by atoms with Gasteiger partial charge in [0.05, 0.1) is 11.4 Å². The summed E-state index contributed by atoms with van der Waals surface area (Å²) in [7, 11) is 3.76. The molecule has 0 aliphatic heterocycles. The van der Waals surface area contributed by atoms with Crippen molar-refractivity contribution in [3.05, 3.63) is 52.5 Å². The number of anilines is 2. The van der Waals surface area contributed by atoms with Crippen LogP contribution in [0, 0.1) is 19.0 Å². The van der Waals surface area contributed by atoms with E-state index in [1.54, 1.807) is 0 Å². The number of rotatable bonds is 4. The summed E-state index contributed by atoms with van der Waals surface area (Å²) < 4.78 is 4.25. The molecular weight excluding hydrogens is 786 g/mol. The van der Waals surface area contributed by atoms with Gasteiger partial charge in [-0.3, -0.25) is 9.59 Å². The van der Waals surface area contributed by atoms with Crippen LogP contribution < -0.4 is 9.80 Å². The molecule has 2 aromatic carbocycles. The van der Waals surface area contributed by atoms with Gasteiger partial charge in [-0.15, -0.1) is 0 Å². The Hall–Kier alpha value is -0.200. The van der Waals surface area contributed by atoms with Gasteiger partial charge in [0.1, 0.15) is 0 Å². The average Bonchev–Trinajstić information content (AvgIpc) is 3.55. The zero-order chi connectivity index (χ0) is 24.8. The molecule has 34 heavy (non-hydrogen) atoms. The number of benzene rings is 2. The monoisotopic (exact) mass is 814 g/mol.